The van der Waals surface area contributed by atoms with Gasteiger partial charge in [0.2, 0.25) is 0 Å². The molecule has 0 heterocycles. The number of hydrogen-bond donors (Lipinski definition) is 0. The van der Waals surface area contributed by atoms with Crippen LogP contribution in [0, 0.1) is 34.5 Å². The molecule has 4 rings (SSSR count). The minimum atomic E-state index is 0.410. The molecular formula is C21H32. The summed E-state index contributed by atoms with van der Waals surface area (Å²) in [4.78, 5) is 0. The van der Waals surface area contributed by atoms with Crippen LogP contribution in [0.25, 0.3) is 0 Å². The Hall–Kier alpha value is -0.520. The van der Waals surface area contributed by atoms with Gasteiger partial charge in [0.15, 0.2) is 0 Å². The Kier molecular flexibility index (Phi) is 3.18. The predicted octanol–water partition coefficient (Wildman–Crippen LogP) is 6.14. The van der Waals surface area contributed by atoms with Gasteiger partial charge in [-0.2, -0.15) is 0 Å². The van der Waals surface area contributed by atoms with Crippen LogP contribution in [-0.2, 0) is 0 Å². The first-order chi connectivity index (χ1) is 10.1. The van der Waals surface area contributed by atoms with Crippen LogP contribution in [0.3, 0.4) is 0 Å². The predicted molar refractivity (Wildman–Crippen MR) is 90.0 cm³/mol. The van der Waals surface area contributed by atoms with E-state index in [-0.39, 0.29) is 0 Å². The van der Waals surface area contributed by atoms with E-state index in [1.807, 2.05) is 0 Å². The lowest BCUT2D eigenvalue weighted by Crippen LogP contribution is -2.49. The molecule has 0 aromatic heterocycles. The fourth-order valence-corrected chi connectivity index (χ4v) is 7.12. The quantitative estimate of drug-likeness (QED) is 0.507. The first-order valence-corrected chi connectivity index (χ1v) is 9.47. The topological polar surface area (TPSA) is 0 Å². The Bertz CT molecular complexity index is 484. The molecule has 0 unspecified atom stereocenters. The molecule has 0 aliphatic heterocycles. The minimum Gasteiger partial charge on any atom is -0.0839 e. The van der Waals surface area contributed by atoms with Crippen LogP contribution in [0.2, 0.25) is 0 Å². The normalized spacial score (nSPS) is 51.9. The molecule has 21 heavy (non-hydrogen) atoms. The van der Waals surface area contributed by atoms with Crippen molar-refractivity contribution in [3.63, 3.8) is 0 Å². The Morgan fingerprint density at radius 3 is 2.76 bits per heavy atom. The van der Waals surface area contributed by atoms with E-state index >= 15 is 0 Å². The maximum atomic E-state index is 2.65. The van der Waals surface area contributed by atoms with Gasteiger partial charge in [-0.25, -0.2) is 0 Å². The summed E-state index contributed by atoms with van der Waals surface area (Å²) in [7, 11) is 0. The fraction of sp³-hybridized carbons (Fsp3) is 0.810. The number of hydrogen-bond acceptors (Lipinski definition) is 0. The van der Waals surface area contributed by atoms with Crippen molar-refractivity contribution in [1.29, 1.82) is 0 Å². The zero-order valence-electron chi connectivity index (χ0n) is 14.2. The Labute approximate surface area is 131 Å². The summed E-state index contributed by atoms with van der Waals surface area (Å²) in [6, 6.07) is 0. The van der Waals surface area contributed by atoms with Crippen LogP contribution in [0.1, 0.15) is 72.1 Å². The SMILES string of the molecule is CC[C@H]1CC[C@H]2[C@@H]3CCC4=CCC=C[C@]4(C)[C@H]3CC[C@]12C. The Morgan fingerprint density at radius 1 is 1.10 bits per heavy atom. The maximum absolute atomic E-state index is 2.65. The van der Waals surface area contributed by atoms with Gasteiger partial charge in [-0.05, 0) is 74.0 Å². The van der Waals surface area contributed by atoms with Crippen molar-refractivity contribution in [3.05, 3.63) is 23.8 Å². The van der Waals surface area contributed by atoms with Crippen LogP contribution in [0.5, 0.6) is 0 Å². The zero-order valence-corrected chi connectivity index (χ0v) is 14.2. The van der Waals surface area contributed by atoms with Crippen LogP contribution < -0.4 is 0 Å². The third-order valence-electron chi connectivity index (χ3n) is 8.30. The van der Waals surface area contributed by atoms with E-state index in [4.69, 9.17) is 0 Å². The van der Waals surface area contributed by atoms with Gasteiger partial charge in [0, 0.05) is 5.41 Å². The minimum absolute atomic E-state index is 0.410. The van der Waals surface area contributed by atoms with Gasteiger partial charge in [-0.15, -0.1) is 0 Å². The zero-order chi connectivity index (χ0) is 14.7. The molecule has 0 aromatic rings. The van der Waals surface area contributed by atoms with Gasteiger partial charge in [0.1, 0.15) is 0 Å². The van der Waals surface area contributed by atoms with Gasteiger partial charge >= 0.3 is 0 Å². The molecule has 116 valence electrons. The maximum Gasteiger partial charge on any atom is 0.00936 e. The standard InChI is InChI=1S/C21H32/c1-4-15-9-11-18-17-10-8-16-7-5-6-13-20(16,2)19(17)12-14-21(15,18)3/h6-7,13,15,17-19H,4-5,8-12,14H2,1-3H3/t15-,17-,18-,19-,20-,21+/m0/s1. The lowest BCUT2D eigenvalue weighted by Gasteiger charge is -2.57. The summed E-state index contributed by atoms with van der Waals surface area (Å²) in [5, 5.41) is 0. The lowest BCUT2D eigenvalue weighted by molar-refractivity contribution is -0.0341. The number of allylic oxidation sites excluding steroid dienone is 4. The molecule has 0 saturated heterocycles. The summed E-state index contributed by atoms with van der Waals surface area (Å²) in [6.45, 7) is 7.64. The van der Waals surface area contributed by atoms with Crippen LogP contribution in [0.15, 0.2) is 23.8 Å². The molecule has 0 amide bonds. The van der Waals surface area contributed by atoms with Crippen LogP contribution >= 0.6 is 0 Å². The highest BCUT2D eigenvalue weighted by Gasteiger charge is 2.57. The van der Waals surface area contributed by atoms with Gasteiger partial charge in [0.25, 0.3) is 0 Å². The van der Waals surface area contributed by atoms with Crippen molar-refractivity contribution >= 4 is 0 Å². The van der Waals surface area contributed by atoms with E-state index in [1.165, 1.54) is 51.4 Å². The number of rotatable bonds is 1. The van der Waals surface area contributed by atoms with Gasteiger partial charge < -0.3 is 0 Å². The summed E-state index contributed by atoms with van der Waals surface area (Å²) in [5.74, 6) is 3.97. The highest BCUT2D eigenvalue weighted by molar-refractivity contribution is 5.31. The largest absolute Gasteiger partial charge is 0.0839 e. The average molecular weight is 284 g/mol. The van der Waals surface area contributed by atoms with Crippen molar-refractivity contribution in [2.75, 3.05) is 0 Å². The second-order valence-corrected chi connectivity index (χ2v) is 8.79. The van der Waals surface area contributed by atoms with Crippen molar-refractivity contribution in [2.45, 2.75) is 72.1 Å². The monoisotopic (exact) mass is 284 g/mol. The molecule has 3 saturated carbocycles. The summed E-state index contributed by atoms with van der Waals surface area (Å²) in [6.07, 6.45) is 19.0. The van der Waals surface area contributed by atoms with E-state index in [0.717, 1.165) is 23.7 Å². The highest BCUT2D eigenvalue weighted by atomic mass is 14.6. The van der Waals surface area contributed by atoms with E-state index in [2.05, 4.69) is 39.0 Å². The molecule has 4 aliphatic carbocycles. The first kappa shape index (κ1) is 14.1. The number of fused-ring (bicyclic) bond motifs is 5. The van der Waals surface area contributed by atoms with Crippen molar-refractivity contribution in [1.82, 2.24) is 0 Å². The van der Waals surface area contributed by atoms with Gasteiger partial charge in [0.05, 0.1) is 0 Å². The van der Waals surface area contributed by atoms with Gasteiger partial charge in [-0.3, -0.25) is 0 Å². The smallest absolute Gasteiger partial charge is 0.00936 e. The van der Waals surface area contributed by atoms with E-state index < -0.39 is 0 Å². The van der Waals surface area contributed by atoms with E-state index in [0.29, 0.717) is 10.8 Å². The molecular weight excluding hydrogens is 252 g/mol. The molecule has 0 nitrogen and oxygen atoms in total. The third-order valence-corrected chi connectivity index (χ3v) is 8.30. The molecule has 6 atom stereocenters. The molecule has 0 bridgehead atoms. The summed E-state index contributed by atoms with van der Waals surface area (Å²) in [5.41, 5.74) is 2.86. The third kappa shape index (κ3) is 1.80. The summed E-state index contributed by atoms with van der Waals surface area (Å²) >= 11 is 0. The lowest BCUT2D eigenvalue weighted by atomic mass is 9.48. The molecule has 3 fully saturated rings. The Morgan fingerprint density at radius 2 is 1.95 bits per heavy atom. The van der Waals surface area contributed by atoms with Crippen LogP contribution in [-0.4, -0.2) is 0 Å². The van der Waals surface area contributed by atoms with Crippen molar-refractivity contribution < 1.29 is 0 Å². The van der Waals surface area contributed by atoms with Crippen molar-refractivity contribution in [2.24, 2.45) is 34.5 Å². The average Bonchev–Trinajstić information content (AvgIpc) is 2.83. The summed E-state index contributed by atoms with van der Waals surface area (Å²) < 4.78 is 0. The van der Waals surface area contributed by atoms with Gasteiger partial charge in [-0.1, -0.05) is 51.0 Å². The molecule has 0 radical (unpaired) electrons. The Balaban J connectivity index is 1.68. The van der Waals surface area contributed by atoms with E-state index in [1.54, 1.807) is 5.57 Å². The second kappa shape index (κ2) is 4.74. The molecule has 4 aliphatic rings. The van der Waals surface area contributed by atoms with Crippen LogP contribution in [0.4, 0.5) is 0 Å². The molecule has 0 heteroatoms. The van der Waals surface area contributed by atoms with Crippen molar-refractivity contribution in [3.8, 4) is 0 Å². The second-order valence-electron chi connectivity index (χ2n) is 8.79. The molecule has 0 N–H and O–H groups in total. The fourth-order valence-electron chi connectivity index (χ4n) is 7.12. The molecule has 0 spiro atoms. The van der Waals surface area contributed by atoms with E-state index in [9.17, 15) is 0 Å². The highest BCUT2D eigenvalue weighted by Crippen LogP contribution is 2.66. The first-order valence-electron chi connectivity index (χ1n) is 9.47. The molecule has 0 aromatic carbocycles.